The molecule has 1 amide bonds. The number of likely N-dealkylation sites (tertiary alicyclic amines) is 1. The summed E-state index contributed by atoms with van der Waals surface area (Å²) in [4.78, 5) is 14.2. The van der Waals surface area contributed by atoms with Crippen molar-refractivity contribution in [3.63, 3.8) is 0 Å². The Morgan fingerprint density at radius 1 is 1.37 bits per heavy atom. The number of nitrogens with one attached hydrogen (secondary N) is 1. The van der Waals surface area contributed by atoms with Crippen LogP contribution in [0.2, 0.25) is 0 Å². The Morgan fingerprint density at radius 3 is 2.47 bits per heavy atom. The lowest BCUT2D eigenvalue weighted by atomic mass is 9.91. The van der Waals surface area contributed by atoms with Gasteiger partial charge in [-0.25, -0.2) is 0 Å². The third-order valence-electron chi connectivity index (χ3n) is 4.01. The van der Waals surface area contributed by atoms with Gasteiger partial charge >= 0.3 is 0 Å². The highest BCUT2D eigenvalue weighted by atomic mass is 16.1. The summed E-state index contributed by atoms with van der Waals surface area (Å²) in [6.07, 6.45) is 5.68. The minimum Gasteiger partial charge on any atom is -0.354 e. The molecule has 0 aromatic carbocycles. The van der Waals surface area contributed by atoms with Crippen LogP contribution < -0.4 is 11.1 Å². The van der Waals surface area contributed by atoms with Crippen LogP contribution in [-0.4, -0.2) is 42.5 Å². The number of carbonyl (C=O) groups excluding carboxylic acids is 1. The maximum atomic E-state index is 11.8. The third-order valence-corrected chi connectivity index (χ3v) is 4.01. The van der Waals surface area contributed by atoms with Gasteiger partial charge in [0.05, 0.1) is 0 Å². The van der Waals surface area contributed by atoms with E-state index in [4.69, 9.17) is 5.73 Å². The van der Waals surface area contributed by atoms with Crippen molar-refractivity contribution in [2.45, 2.75) is 65.0 Å². The second-order valence-electron chi connectivity index (χ2n) is 6.08. The molecule has 0 bridgehead atoms. The lowest BCUT2D eigenvalue weighted by molar-refractivity contribution is -0.122. The number of hydrogen-bond acceptors (Lipinski definition) is 3. The summed E-state index contributed by atoms with van der Waals surface area (Å²) >= 11 is 0. The fourth-order valence-corrected chi connectivity index (χ4v) is 2.97. The number of nitrogens with zero attached hydrogens (tertiary/aromatic N) is 1. The highest BCUT2D eigenvalue weighted by molar-refractivity contribution is 5.76. The van der Waals surface area contributed by atoms with Crippen LogP contribution in [0.1, 0.15) is 52.9 Å². The molecular weight excluding hydrogens is 238 g/mol. The predicted octanol–water partition coefficient (Wildman–Crippen LogP) is 1.74. The van der Waals surface area contributed by atoms with Crippen molar-refractivity contribution in [1.29, 1.82) is 0 Å². The molecule has 1 unspecified atom stereocenters. The van der Waals surface area contributed by atoms with E-state index in [-0.39, 0.29) is 18.0 Å². The van der Waals surface area contributed by atoms with E-state index in [0.29, 0.717) is 13.0 Å². The molecule has 0 aromatic rings. The maximum Gasteiger partial charge on any atom is 0.221 e. The Labute approximate surface area is 118 Å². The van der Waals surface area contributed by atoms with Crippen molar-refractivity contribution in [2.24, 2.45) is 11.7 Å². The molecule has 1 atom stereocenters. The summed E-state index contributed by atoms with van der Waals surface area (Å²) in [6.45, 7) is 9.01. The van der Waals surface area contributed by atoms with Gasteiger partial charge in [-0.3, -0.25) is 9.69 Å². The molecule has 0 aliphatic carbocycles. The fourth-order valence-electron chi connectivity index (χ4n) is 2.97. The molecule has 0 spiro atoms. The van der Waals surface area contributed by atoms with Crippen LogP contribution in [0.5, 0.6) is 0 Å². The average molecular weight is 269 g/mol. The average Bonchev–Trinajstić information content (AvgIpc) is 2.36. The standard InChI is InChI=1S/C15H31N3O/c1-4-5-13-6-8-18(9-7-13)14(11-16)10-15(19)17-12(2)3/h12-14H,4-11,16H2,1-3H3,(H,17,19). The van der Waals surface area contributed by atoms with E-state index in [1.54, 1.807) is 0 Å². The summed E-state index contributed by atoms with van der Waals surface area (Å²) in [7, 11) is 0. The molecule has 1 heterocycles. The van der Waals surface area contributed by atoms with Gasteiger partial charge in [0.2, 0.25) is 5.91 Å². The predicted molar refractivity (Wildman–Crippen MR) is 79.9 cm³/mol. The van der Waals surface area contributed by atoms with Crippen LogP contribution in [0.25, 0.3) is 0 Å². The van der Waals surface area contributed by atoms with Gasteiger partial charge in [-0.05, 0) is 45.7 Å². The second kappa shape index (κ2) is 8.54. The molecule has 0 radical (unpaired) electrons. The molecule has 1 rings (SSSR count). The van der Waals surface area contributed by atoms with Crippen LogP contribution in [0.3, 0.4) is 0 Å². The van der Waals surface area contributed by atoms with E-state index < -0.39 is 0 Å². The van der Waals surface area contributed by atoms with Crippen LogP contribution in [0.15, 0.2) is 0 Å². The smallest absolute Gasteiger partial charge is 0.221 e. The summed E-state index contributed by atoms with van der Waals surface area (Å²) < 4.78 is 0. The maximum absolute atomic E-state index is 11.8. The molecule has 0 saturated carbocycles. The number of nitrogens with two attached hydrogens (primary N) is 1. The van der Waals surface area contributed by atoms with Gasteiger partial charge in [-0.2, -0.15) is 0 Å². The first-order valence-corrected chi connectivity index (χ1v) is 7.80. The fraction of sp³-hybridized carbons (Fsp3) is 0.933. The zero-order chi connectivity index (χ0) is 14.3. The van der Waals surface area contributed by atoms with Gasteiger partial charge < -0.3 is 11.1 Å². The number of piperidine rings is 1. The summed E-state index contributed by atoms with van der Waals surface area (Å²) in [5.74, 6) is 1.00. The van der Waals surface area contributed by atoms with Crippen molar-refractivity contribution in [1.82, 2.24) is 10.2 Å². The topological polar surface area (TPSA) is 58.4 Å². The Kier molecular flexibility index (Phi) is 7.39. The molecule has 4 nitrogen and oxygen atoms in total. The van der Waals surface area contributed by atoms with E-state index in [1.807, 2.05) is 13.8 Å². The molecule has 1 fully saturated rings. The molecule has 1 aliphatic rings. The number of carbonyl (C=O) groups is 1. The first kappa shape index (κ1) is 16.4. The minimum absolute atomic E-state index is 0.126. The molecule has 0 aromatic heterocycles. The van der Waals surface area contributed by atoms with Gasteiger partial charge in [0.15, 0.2) is 0 Å². The summed E-state index contributed by atoms with van der Waals surface area (Å²) in [5.41, 5.74) is 5.85. The highest BCUT2D eigenvalue weighted by Gasteiger charge is 2.25. The molecule has 19 heavy (non-hydrogen) atoms. The van der Waals surface area contributed by atoms with Gasteiger partial charge in [0, 0.05) is 25.0 Å². The monoisotopic (exact) mass is 269 g/mol. The van der Waals surface area contributed by atoms with Crippen molar-refractivity contribution in [3.8, 4) is 0 Å². The van der Waals surface area contributed by atoms with E-state index in [1.165, 1.54) is 25.7 Å². The Morgan fingerprint density at radius 2 is 2.00 bits per heavy atom. The van der Waals surface area contributed by atoms with Crippen molar-refractivity contribution >= 4 is 5.91 Å². The minimum atomic E-state index is 0.126. The lowest BCUT2D eigenvalue weighted by Crippen LogP contribution is -2.48. The van der Waals surface area contributed by atoms with Gasteiger partial charge in [0.1, 0.15) is 0 Å². The van der Waals surface area contributed by atoms with Crippen LogP contribution in [0.4, 0.5) is 0 Å². The molecule has 4 heteroatoms. The molecular formula is C15H31N3O. The molecule has 1 aliphatic heterocycles. The Hall–Kier alpha value is -0.610. The normalized spacial score (nSPS) is 19.6. The van der Waals surface area contributed by atoms with Crippen LogP contribution >= 0.6 is 0 Å². The van der Waals surface area contributed by atoms with E-state index in [9.17, 15) is 4.79 Å². The van der Waals surface area contributed by atoms with Crippen molar-refractivity contribution < 1.29 is 4.79 Å². The highest BCUT2D eigenvalue weighted by Crippen LogP contribution is 2.23. The first-order chi connectivity index (χ1) is 9.06. The number of amides is 1. The largest absolute Gasteiger partial charge is 0.354 e. The van der Waals surface area contributed by atoms with E-state index >= 15 is 0 Å². The van der Waals surface area contributed by atoms with Crippen LogP contribution in [0, 0.1) is 5.92 Å². The van der Waals surface area contributed by atoms with Gasteiger partial charge in [0.25, 0.3) is 0 Å². The molecule has 3 N–H and O–H groups in total. The zero-order valence-electron chi connectivity index (χ0n) is 12.8. The molecule has 112 valence electrons. The van der Waals surface area contributed by atoms with E-state index in [2.05, 4.69) is 17.1 Å². The van der Waals surface area contributed by atoms with Crippen molar-refractivity contribution in [3.05, 3.63) is 0 Å². The first-order valence-electron chi connectivity index (χ1n) is 7.80. The van der Waals surface area contributed by atoms with Crippen molar-refractivity contribution in [2.75, 3.05) is 19.6 Å². The Balaban J connectivity index is 2.37. The van der Waals surface area contributed by atoms with Gasteiger partial charge in [-0.15, -0.1) is 0 Å². The summed E-state index contributed by atoms with van der Waals surface area (Å²) in [6, 6.07) is 0.419. The molecule has 1 saturated heterocycles. The second-order valence-corrected chi connectivity index (χ2v) is 6.08. The third kappa shape index (κ3) is 5.91. The Bertz CT molecular complexity index is 260. The van der Waals surface area contributed by atoms with Crippen LogP contribution in [-0.2, 0) is 4.79 Å². The van der Waals surface area contributed by atoms with Gasteiger partial charge in [-0.1, -0.05) is 19.8 Å². The SMILES string of the molecule is CCCC1CCN(C(CN)CC(=O)NC(C)C)CC1. The number of rotatable bonds is 7. The lowest BCUT2D eigenvalue weighted by Gasteiger charge is -2.37. The number of hydrogen-bond donors (Lipinski definition) is 2. The quantitative estimate of drug-likeness (QED) is 0.740. The van der Waals surface area contributed by atoms with E-state index in [0.717, 1.165) is 19.0 Å². The summed E-state index contributed by atoms with van der Waals surface area (Å²) in [5, 5.41) is 2.95. The zero-order valence-corrected chi connectivity index (χ0v) is 12.8.